The van der Waals surface area contributed by atoms with E-state index in [1.807, 2.05) is 13.1 Å². The first-order chi connectivity index (χ1) is 15.3. The van der Waals surface area contributed by atoms with Gasteiger partial charge in [-0.25, -0.2) is 0 Å². The molecule has 2 N–H and O–H groups in total. The Labute approximate surface area is 210 Å². The lowest BCUT2D eigenvalue weighted by atomic mass is 10.2. The zero-order valence-electron chi connectivity index (χ0n) is 19.4. The molecule has 3 aliphatic rings. The predicted octanol–water partition coefficient (Wildman–Crippen LogP) is 2.70. The third kappa shape index (κ3) is 7.46. The fraction of sp³-hybridized carbons (Fsp3) is 0.708. The van der Waals surface area contributed by atoms with Crippen molar-refractivity contribution < 1.29 is 9.47 Å². The van der Waals surface area contributed by atoms with Gasteiger partial charge in [0.1, 0.15) is 12.4 Å². The SMILES string of the molecule is CN=C(NCc1ccccc1OCCN1CCOCC1)NC1CCN(C2CCCC2)C1.I. The van der Waals surface area contributed by atoms with Crippen LogP contribution in [0.4, 0.5) is 0 Å². The maximum atomic E-state index is 6.12. The summed E-state index contributed by atoms with van der Waals surface area (Å²) in [6.45, 7) is 8.31. The van der Waals surface area contributed by atoms with Crippen LogP contribution in [0.2, 0.25) is 0 Å². The maximum absolute atomic E-state index is 6.12. The Kier molecular flexibility index (Phi) is 10.8. The Morgan fingerprint density at radius 2 is 1.91 bits per heavy atom. The van der Waals surface area contributed by atoms with E-state index in [2.05, 4.69) is 43.6 Å². The van der Waals surface area contributed by atoms with Crippen molar-refractivity contribution in [2.45, 2.75) is 50.7 Å². The number of morpholine rings is 1. The van der Waals surface area contributed by atoms with Gasteiger partial charge < -0.3 is 20.1 Å². The minimum absolute atomic E-state index is 0. The molecule has 0 aromatic heterocycles. The van der Waals surface area contributed by atoms with Crippen molar-refractivity contribution in [3.8, 4) is 5.75 Å². The summed E-state index contributed by atoms with van der Waals surface area (Å²) in [6, 6.07) is 9.58. The smallest absolute Gasteiger partial charge is 0.191 e. The molecule has 2 heterocycles. The topological polar surface area (TPSA) is 61.4 Å². The zero-order valence-corrected chi connectivity index (χ0v) is 21.8. The van der Waals surface area contributed by atoms with Gasteiger partial charge in [0.15, 0.2) is 5.96 Å². The molecule has 0 spiro atoms. The van der Waals surface area contributed by atoms with Crippen molar-refractivity contribution in [2.24, 2.45) is 4.99 Å². The van der Waals surface area contributed by atoms with Crippen LogP contribution in [0.25, 0.3) is 0 Å². The lowest BCUT2D eigenvalue weighted by Gasteiger charge is -2.26. The van der Waals surface area contributed by atoms with Crippen LogP contribution in [0.1, 0.15) is 37.7 Å². The number of aliphatic imine (C=N–C) groups is 1. The minimum atomic E-state index is 0. The Morgan fingerprint density at radius 1 is 1.12 bits per heavy atom. The number of benzene rings is 1. The number of likely N-dealkylation sites (tertiary alicyclic amines) is 1. The van der Waals surface area contributed by atoms with Gasteiger partial charge in [0.05, 0.1) is 13.2 Å². The van der Waals surface area contributed by atoms with Crippen LogP contribution in [0, 0.1) is 0 Å². The van der Waals surface area contributed by atoms with Crippen LogP contribution < -0.4 is 15.4 Å². The van der Waals surface area contributed by atoms with Crippen LogP contribution in [0.3, 0.4) is 0 Å². The van der Waals surface area contributed by atoms with Gasteiger partial charge in [-0.05, 0) is 25.3 Å². The summed E-state index contributed by atoms with van der Waals surface area (Å²) in [4.78, 5) is 9.53. The third-order valence-electron chi connectivity index (χ3n) is 6.81. The molecule has 2 aliphatic heterocycles. The second-order valence-electron chi connectivity index (χ2n) is 8.90. The van der Waals surface area contributed by atoms with E-state index in [1.54, 1.807) is 0 Å². The molecule has 7 nitrogen and oxygen atoms in total. The Balaban J connectivity index is 0.00000289. The largest absolute Gasteiger partial charge is 0.492 e. The number of ether oxygens (including phenoxy) is 2. The summed E-state index contributed by atoms with van der Waals surface area (Å²) >= 11 is 0. The van der Waals surface area contributed by atoms with Gasteiger partial charge in [0.25, 0.3) is 0 Å². The van der Waals surface area contributed by atoms with E-state index in [0.29, 0.717) is 19.2 Å². The molecule has 32 heavy (non-hydrogen) atoms. The summed E-state index contributed by atoms with van der Waals surface area (Å²) < 4.78 is 11.5. The number of hydrogen-bond donors (Lipinski definition) is 2. The molecule has 8 heteroatoms. The summed E-state index contributed by atoms with van der Waals surface area (Å²) in [5, 5.41) is 7.12. The Morgan fingerprint density at radius 3 is 2.69 bits per heavy atom. The number of guanidine groups is 1. The molecule has 0 radical (unpaired) electrons. The summed E-state index contributed by atoms with van der Waals surface area (Å²) in [6.07, 6.45) is 6.75. The highest BCUT2D eigenvalue weighted by atomic mass is 127. The maximum Gasteiger partial charge on any atom is 0.191 e. The Hall–Kier alpha value is -1.10. The van der Waals surface area contributed by atoms with Crippen LogP contribution in [0.15, 0.2) is 29.3 Å². The number of hydrogen-bond acceptors (Lipinski definition) is 5. The van der Waals surface area contributed by atoms with Crippen LogP contribution in [-0.2, 0) is 11.3 Å². The molecule has 2 saturated heterocycles. The molecule has 1 aliphatic carbocycles. The highest BCUT2D eigenvalue weighted by Crippen LogP contribution is 2.26. The molecule has 3 fully saturated rings. The van der Waals surface area contributed by atoms with Crippen molar-refractivity contribution in [1.29, 1.82) is 0 Å². The number of nitrogens with zero attached hydrogens (tertiary/aromatic N) is 3. The lowest BCUT2D eigenvalue weighted by molar-refractivity contribution is 0.0322. The Bertz CT molecular complexity index is 707. The fourth-order valence-corrected chi connectivity index (χ4v) is 4.97. The highest BCUT2D eigenvalue weighted by Gasteiger charge is 2.30. The van der Waals surface area contributed by atoms with Crippen LogP contribution in [-0.4, -0.2) is 87.4 Å². The normalized spacial score (nSPS) is 23.2. The van der Waals surface area contributed by atoms with E-state index in [4.69, 9.17) is 9.47 Å². The van der Waals surface area contributed by atoms with Gasteiger partial charge in [-0.2, -0.15) is 0 Å². The van der Waals surface area contributed by atoms with Crippen molar-refractivity contribution >= 4 is 29.9 Å². The monoisotopic (exact) mass is 557 g/mol. The van der Waals surface area contributed by atoms with Crippen molar-refractivity contribution in [1.82, 2.24) is 20.4 Å². The molecule has 1 aromatic carbocycles. The van der Waals surface area contributed by atoms with E-state index in [9.17, 15) is 0 Å². The number of halogens is 1. The molecule has 1 saturated carbocycles. The summed E-state index contributed by atoms with van der Waals surface area (Å²) in [7, 11) is 1.85. The van der Waals surface area contributed by atoms with Crippen molar-refractivity contribution in [3.63, 3.8) is 0 Å². The van der Waals surface area contributed by atoms with Gasteiger partial charge in [0, 0.05) is 64.0 Å². The quantitative estimate of drug-likeness (QED) is 0.291. The second-order valence-corrected chi connectivity index (χ2v) is 8.90. The van der Waals surface area contributed by atoms with Crippen LogP contribution in [0.5, 0.6) is 5.75 Å². The first-order valence-corrected chi connectivity index (χ1v) is 12.0. The van der Waals surface area contributed by atoms with E-state index < -0.39 is 0 Å². The summed E-state index contributed by atoms with van der Waals surface area (Å²) in [5.74, 6) is 1.83. The summed E-state index contributed by atoms with van der Waals surface area (Å²) in [5.41, 5.74) is 1.16. The van der Waals surface area contributed by atoms with Crippen molar-refractivity contribution in [2.75, 3.05) is 59.6 Å². The molecular formula is C24H40IN5O2. The minimum Gasteiger partial charge on any atom is -0.492 e. The molecular weight excluding hydrogens is 517 g/mol. The zero-order chi connectivity index (χ0) is 21.3. The van der Waals surface area contributed by atoms with Gasteiger partial charge in [0.2, 0.25) is 0 Å². The van der Waals surface area contributed by atoms with Gasteiger partial charge in [-0.1, -0.05) is 31.0 Å². The molecule has 4 rings (SSSR count). The highest BCUT2D eigenvalue weighted by molar-refractivity contribution is 14.0. The van der Waals surface area contributed by atoms with E-state index in [-0.39, 0.29) is 24.0 Å². The average Bonchev–Trinajstić information content (AvgIpc) is 3.50. The molecule has 1 aromatic rings. The standard InChI is InChI=1S/C24H39N5O2.HI/c1-25-24(27-21-10-11-29(19-21)22-7-3-4-8-22)26-18-20-6-2-5-9-23(20)31-17-14-28-12-15-30-16-13-28;/h2,5-6,9,21-22H,3-4,7-8,10-19H2,1H3,(H2,25,26,27);1H. The van der Waals surface area contributed by atoms with Gasteiger partial charge in [-0.3, -0.25) is 14.8 Å². The average molecular weight is 558 g/mol. The van der Waals surface area contributed by atoms with Crippen LogP contribution >= 0.6 is 24.0 Å². The number of rotatable bonds is 8. The van der Waals surface area contributed by atoms with Gasteiger partial charge >= 0.3 is 0 Å². The van der Waals surface area contributed by atoms with E-state index in [1.165, 1.54) is 38.6 Å². The van der Waals surface area contributed by atoms with E-state index in [0.717, 1.165) is 62.7 Å². The van der Waals surface area contributed by atoms with Gasteiger partial charge in [-0.15, -0.1) is 24.0 Å². The number of nitrogens with one attached hydrogen (secondary N) is 2. The number of para-hydroxylation sites is 1. The lowest BCUT2D eigenvalue weighted by Crippen LogP contribution is -2.45. The van der Waals surface area contributed by atoms with E-state index >= 15 is 0 Å². The second kappa shape index (κ2) is 13.6. The molecule has 1 unspecified atom stereocenters. The molecule has 1 atom stereocenters. The first-order valence-electron chi connectivity index (χ1n) is 12.0. The van der Waals surface area contributed by atoms with Crippen molar-refractivity contribution in [3.05, 3.63) is 29.8 Å². The molecule has 0 bridgehead atoms. The third-order valence-corrected chi connectivity index (χ3v) is 6.81. The molecule has 180 valence electrons. The predicted molar refractivity (Wildman–Crippen MR) is 140 cm³/mol. The molecule has 0 amide bonds. The first kappa shape index (κ1) is 25.5. The fourth-order valence-electron chi connectivity index (χ4n) is 4.97.